The Morgan fingerprint density at radius 3 is 2.77 bits per heavy atom. The van der Waals surface area contributed by atoms with Crippen molar-refractivity contribution in [3.63, 3.8) is 0 Å². The van der Waals surface area contributed by atoms with Crippen molar-refractivity contribution in [3.05, 3.63) is 69.8 Å². The molecule has 4 heteroatoms. The Hall–Kier alpha value is -2.20. The van der Waals surface area contributed by atoms with Crippen LogP contribution in [0.4, 0.5) is 0 Å². The minimum Gasteiger partial charge on any atom is -0.497 e. The van der Waals surface area contributed by atoms with Gasteiger partial charge in [0.1, 0.15) is 5.76 Å². The molecule has 1 fully saturated rings. The van der Waals surface area contributed by atoms with Gasteiger partial charge in [0.05, 0.1) is 14.2 Å². The number of fused-ring (bicyclic) bond motifs is 2. The molecule has 3 aliphatic rings. The van der Waals surface area contributed by atoms with E-state index < -0.39 is 0 Å². The predicted molar refractivity (Wildman–Crippen MR) is 103 cm³/mol. The van der Waals surface area contributed by atoms with Crippen LogP contribution in [0.3, 0.4) is 0 Å². The molecule has 0 bridgehead atoms. The molecule has 0 unspecified atom stereocenters. The second-order valence-electron chi connectivity index (χ2n) is 7.55. The molecule has 0 aromatic heterocycles. The van der Waals surface area contributed by atoms with E-state index in [9.17, 15) is 0 Å². The molecule has 138 valence electrons. The van der Waals surface area contributed by atoms with Gasteiger partial charge in [-0.1, -0.05) is 29.8 Å². The number of allylic oxidation sites excluding steroid dienone is 2. The van der Waals surface area contributed by atoms with Gasteiger partial charge in [0.25, 0.3) is 0 Å². The van der Waals surface area contributed by atoms with Crippen molar-refractivity contribution in [2.24, 2.45) is 5.73 Å². The van der Waals surface area contributed by atoms with E-state index >= 15 is 0 Å². The lowest BCUT2D eigenvalue weighted by Gasteiger charge is -2.45. The summed E-state index contributed by atoms with van der Waals surface area (Å²) >= 11 is 0. The molecular formula is C22H28N2O2. The fourth-order valence-corrected chi connectivity index (χ4v) is 4.57. The van der Waals surface area contributed by atoms with Gasteiger partial charge in [-0.2, -0.15) is 0 Å². The number of methoxy groups -OCH3 is 2. The Balaban J connectivity index is 1.65. The highest BCUT2D eigenvalue weighted by atomic mass is 16.5. The molecule has 0 amide bonds. The fourth-order valence-electron chi connectivity index (χ4n) is 4.57. The zero-order chi connectivity index (χ0) is 18.3. The Morgan fingerprint density at radius 2 is 2.04 bits per heavy atom. The van der Waals surface area contributed by atoms with Gasteiger partial charge < -0.3 is 20.1 Å². The second kappa shape index (κ2) is 6.84. The second-order valence-corrected chi connectivity index (χ2v) is 7.55. The Morgan fingerprint density at radius 1 is 1.19 bits per heavy atom. The zero-order valence-electron chi connectivity index (χ0n) is 15.9. The van der Waals surface area contributed by atoms with E-state index in [0.717, 1.165) is 43.9 Å². The molecule has 2 heterocycles. The van der Waals surface area contributed by atoms with Gasteiger partial charge in [-0.15, -0.1) is 0 Å². The van der Waals surface area contributed by atoms with Crippen molar-refractivity contribution >= 4 is 0 Å². The Kier molecular flexibility index (Phi) is 4.53. The molecule has 1 saturated heterocycles. The first-order valence-electron chi connectivity index (χ1n) is 9.42. The van der Waals surface area contributed by atoms with Gasteiger partial charge >= 0.3 is 0 Å². The molecule has 2 N–H and O–H groups in total. The molecule has 2 atom stereocenters. The molecular weight excluding hydrogens is 324 g/mol. The fraction of sp³-hybridized carbons (Fsp3) is 0.455. The maximum atomic E-state index is 6.66. The number of hydrogen-bond acceptors (Lipinski definition) is 4. The number of ether oxygens (including phenoxy) is 2. The van der Waals surface area contributed by atoms with Crippen molar-refractivity contribution in [1.82, 2.24) is 4.90 Å². The molecule has 1 aromatic rings. The van der Waals surface area contributed by atoms with Crippen LogP contribution < -0.4 is 5.73 Å². The first kappa shape index (κ1) is 17.2. The number of nitrogens with two attached hydrogens (primary N) is 1. The average molecular weight is 352 g/mol. The van der Waals surface area contributed by atoms with Crippen molar-refractivity contribution in [1.29, 1.82) is 0 Å². The number of rotatable bonds is 3. The highest BCUT2D eigenvalue weighted by molar-refractivity contribution is 5.48. The third kappa shape index (κ3) is 2.92. The molecule has 4 rings (SSSR count). The van der Waals surface area contributed by atoms with Crippen molar-refractivity contribution in [2.75, 3.05) is 27.3 Å². The largest absolute Gasteiger partial charge is 0.497 e. The minimum atomic E-state index is 0.147. The van der Waals surface area contributed by atoms with Crippen LogP contribution in [0.15, 0.2) is 58.7 Å². The minimum absolute atomic E-state index is 0.147. The van der Waals surface area contributed by atoms with E-state index in [1.165, 1.54) is 28.0 Å². The van der Waals surface area contributed by atoms with E-state index in [1.807, 2.05) is 0 Å². The summed E-state index contributed by atoms with van der Waals surface area (Å²) in [5.41, 5.74) is 13.5. The lowest BCUT2D eigenvalue weighted by Crippen LogP contribution is -2.46. The number of hydrogen-bond donors (Lipinski definition) is 1. The van der Waals surface area contributed by atoms with Crippen LogP contribution in [0.5, 0.6) is 0 Å². The van der Waals surface area contributed by atoms with Gasteiger partial charge in [-0.25, -0.2) is 0 Å². The topological polar surface area (TPSA) is 47.7 Å². The van der Waals surface area contributed by atoms with Crippen LogP contribution in [0.25, 0.3) is 0 Å². The maximum Gasteiger partial charge on any atom is 0.157 e. The molecule has 0 radical (unpaired) electrons. The Labute approximate surface area is 156 Å². The van der Waals surface area contributed by atoms with Gasteiger partial charge in [-0.05, 0) is 36.1 Å². The quantitative estimate of drug-likeness (QED) is 0.903. The highest BCUT2D eigenvalue weighted by Crippen LogP contribution is 2.42. The average Bonchev–Trinajstić information content (AvgIpc) is 2.66. The summed E-state index contributed by atoms with van der Waals surface area (Å²) < 4.78 is 11.1. The van der Waals surface area contributed by atoms with Crippen LogP contribution in [0.1, 0.15) is 36.3 Å². The monoisotopic (exact) mass is 352 g/mol. The smallest absolute Gasteiger partial charge is 0.157 e. The van der Waals surface area contributed by atoms with E-state index in [2.05, 4.69) is 42.2 Å². The Bertz CT molecular complexity index is 806. The summed E-state index contributed by atoms with van der Waals surface area (Å²) in [5.74, 6) is 2.16. The molecule has 1 aromatic carbocycles. The van der Waals surface area contributed by atoms with Crippen molar-refractivity contribution in [3.8, 4) is 0 Å². The lowest BCUT2D eigenvalue weighted by atomic mass is 9.79. The van der Waals surface area contributed by atoms with Crippen LogP contribution in [-0.4, -0.2) is 38.3 Å². The van der Waals surface area contributed by atoms with Gasteiger partial charge in [0.2, 0.25) is 0 Å². The van der Waals surface area contributed by atoms with Crippen molar-refractivity contribution in [2.45, 2.75) is 38.1 Å². The maximum absolute atomic E-state index is 6.66. The third-order valence-corrected chi connectivity index (χ3v) is 5.99. The highest BCUT2D eigenvalue weighted by Gasteiger charge is 2.36. The van der Waals surface area contributed by atoms with Crippen LogP contribution in [0.2, 0.25) is 0 Å². The summed E-state index contributed by atoms with van der Waals surface area (Å²) in [6.45, 7) is 4.20. The first-order chi connectivity index (χ1) is 12.6. The van der Waals surface area contributed by atoms with Crippen molar-refractivity contribution < 1.29 is 9.47 Å². The number of nitrogens with zero attached hydrogens (tertiary/aromatic N) is 1. The molecule has 26 heavy (non-hydrogen) atoms. The summed E-state index contributed by atoms with van der Waals surface area (Å²) in [6, 6.07) is 8.95. The normalized spacial score (nSPS) is 25.5. The summed E-state index contributed by atoms with van der Waals surface area (Å²) in [7, 11) is 3.43. The predicted octanol–water partition coefficient (Wildman–Crippen LogP) is 3.60. The number of aryl methyl sites for hydroxylation is 1. The van der Waals surface area contributed by atoms with Crippen LogP contribution >= 0.6 is 0 Å². The van der Waals surface area contributed by atoms with E-state index in [1.54, 1.807) is 14.2 Å². The summed E-state index contributed by atoms with van der Waals surface area (Å²) in [4.78, 5) is 2.55. The molecule has 0 spiro atoms. The number of benzene rings is 1. The van der Waals surface area contributed by atoms with E-state index in [-0.39, 0.29) is 6.04 Å². The van der Waals surface area contributed by atoms with Crippen LogP contribution in [0, 0.1) is 6.92 Å². The summed E-state index contributed by atoms with van der Waals surface area (Å²) in [6.07, 6.45) is 4.93. The molecule has 0 saturated carbocycles. The van der Waals surface area contributed by atoms with Crippen LogP contribution in [-0.2, 0) is 9.47 Å². The summed E-state index contributed by atoms with van der Waals surface area (Å²) in [5, 5.41) is 0. The SMILES string of the molecule is COC1=C(OC)CC2=C3C[C@@H](N)[C@H](c4cccc(C)c4)CN3CCC2=C1. The standard InChI is InChI=1S/C22H28N2O2/c1-14-5-4-6-15(9-14)18-13-24-8-7-16-10-21(25-2)22(26-3)11-17(16)20(24)12-19(18)23/h4-6,9-10,18-19H,7-8,11-13,23H2,1-3H3/t18-,19+/m0/s1. The van der Waals surface area contributed by atoms with Gasteiger partial charge in [-0.3, -0.25) is 0 Å². The van der Waals surface area contributed by atoms with Gasteiger partial charge in [0.15, 0.2) is 5.76 Å². The van der Waals surface area contributed by atoms with E-state index in [4.69, 9.17) is 15.2 Å². The first-order valence-corrected chi connectivity index (χ1v) is 9.42. The van der Waals surface area contributed by atoms with Gasteiger partial charge in [0, 0.05) is 43.6 Å². The number of piperidine rings is 1. The zero-order valence-corrected chi connectivity index (χ0v) is 15.9. The third-order valence-electron chi connectivity index (χ3n) is 5.99. The lowest BCUT2D eigenvalue weighted by molar-refractivity contribution is 0.211. The molecule has 4 nitrogen and oxygen atoms in total. The molecule has 2 aliphatic heterocycles. The van der Waals surface area contributed by atoms with E-state index in [0.29, 0.717) is 5.92 Å². The molecule has 1 aliphatic carbocycles.